The van der Waals surface area contributed by atoms with E-state index in [4.69, 9.17) is 4.74 Å². The predicted octanol–water partition coefficient (Wildman–Crippen LogP) is 3.60. The molecule has 2 aliphatic heterocycles. The predicted molar refractivity (Wildman–Crippen MR) is 128 cm³/mol. The van der Waals surface area contributed by atoms with Crippen LogP contribution in [-0.4, -0.2) is 48.9 Å². The molecule has 7 nitrogen and oxygen atoms in total. The average Bonchev–Trinajstić information content (AvgIpc) is 3.06. The summed E-state index contributed by atoms with van der Waals surface area (Å²) in [6.07, 6.45) is 2.44. The third-order valence-electron chi connectivity index (χ3n) is 5.89. The average molecular weight is 448 g/mol. The van der Waals surface area contributed by atoms with Crippen LogP contribution >= 0.6 is 0 Å². The van der Waals surface area contributed by atoms with Crippen LogP contribution in [0.4, 0.5) is 11.4 Å². The highest BCUT2D eigenvalue weighted by Gasteiger charge is 2.42. The van der Waals surface area contributed by atoms with E-state index in [1.54, 1.807) is 24.3 Å². The van der Waals surface area contributed by atoms with Gasteiger partial charge in [-0.2, -0.15) is 0 Å². The molecule has 0 aromatic heterocycles. The molecule has 0 saturated heterocycles. The van der Waals surface area contributed by atoms with E-state index in [0.29, 0.717) is 55.2 Å². The fraction of sp³-hybridized carbons (Fsp3) is 0.346. The molecule has 7 heteroatoms. The third-order valence-corrected chi connectivity index (χ3v) is 5.89. The SMILES string of the molecule is CCOCCCN1C(=O)C(c2ccc(NC(C)=O)cc2)=C(N2CCCc3ccccc32)C1=O. The van der Waals surface area contributed by atoms with E-state index in [2.05, 4.69) is 11.4 Å². The van der Waals surface area contributed by atoms with E-state index in [-0.39, 0.29) is 17.7 Å². The van der Waals surface area contributed by atoms with Crippen molar-refractivity contribution in [2.75, 3.05) is 36.5 Å². The number of imide groups is 1. The molecule has 0 atom stereocenters. The summed E-state index contributed by atoms with van der Waals surface area (Å²) in [5.74, 6) is -0.726. The maximum atomic E-state index is 13.6. The summed E-state index contributed by atoms with van der Waals surface area (Å²) >= 11 is 0. The number of carbonyl (C=O) groups excluding carboxylic acids is 3. The number of benzene rings is 2. The number of hydrogen-bond acceptors (Lipinski definition) is 5. The van der Waals surface area contributed by atoms with Gasteiger partial charge in [0, 0.05) is 44.6 Å². The van der Waals surface area contributed by atoms with E-state index < -0.39 is 0 Å². The van der Waals surface area contributed by atoms with Crippen LogP contribution in [0.15, 0.2) is 54.2 Å². The van der Waals surface area contributed by atoms with E-state index >= 15 is 0 Å². The Morgan fingerprint density at radius 1 is 1.06 bits per heavy atom. The molecule has 0 bridgehead atoms. The summed E-state index contributed by atoms with van der Waals surface area (Å²) in [7, 11) is 0. The minimum absolute atomic E-state index is 0.167. The number of fused-ring (bicyclic) bond motifs is 1. The molecule has 0 aliphatic carbocycles. The fourth-order valence-electron chi connectivity index (χ4n) is 4.44. The second kappa shape index (κ2) is 10.0. The first-order chi connectivity index (χ1) is 16.0. The molecule has 2 aromatic rings. The highest BCUT2D eigenvalue weighted by molar-refractivity contribution is 6.36. The van der Waals surface area contributed by atoms with E-state index in [0.717, 1.165) is 18.5 Å². The van der Waals surface area contributed by atoms with Crippen molar-refractivity contribution in [1.29, 1.82) is 0 Å². The largest absolute Gasteiger partial charge is 0.382 e. The summed E-state index contributed by atoms with van der Waals surface area (Å²) in [5.41, 5.74) is 4.28. The van der Waals surface area contributed by atoms with Gasteiger partial charge in [0.25, 0.3) is 11.8 Å². The molecule has 0 unspecified atom stereocenters. The van der Waals surface area contributed by atoms with Crippen molar-refractivity contribution in [2.45, 2.75) is 33.1 Å². The summed E-state index contributed by atoms with van der Waals surface area (Å²) in [6.45, 7) is 5.44. The topological polar surface area (TPSA) is 79.0 Å². The van der Waals surface area contributed by atoms with Crippen LogP contribution in [0, 0.1) is 0 Å². The molecule has 2 aliphatic rings. The van der Waals surface area contributed by atoms with Crippen molar-refractivity contribution in [2.24, 2.45) is 0 Å². The van der Waals surface area contributed by atoms with Crippen LogP contribution < -0.4 is 10.2 Å². The maximum absolute atomic E-state index is 13.6. The standard InChI is InChI=1S/C26H29N3O4/c1-3-33-17-7-16-29-25(31)23(20-11-13-21(14-12-20)27-18(2)30)24(26(29)32)28-15-6-9-19-8-4-5-10-22(19)28/h4-5,8,10-14H,3,6-7,9,15-17H2,1-2H3,(H,27,30). The van der Waals surface area contributed by atoms with Crippen molar-refractivity contribution in [3.05, 3.63) is 65.4 Å². The molecule has 172 valence electrons. The molecular formula is C26H29N3O4. The summed E-state index contributed by atoms with van der Waals surface area (Å²) < 4.78 is 5.40. The monoisotopic (exact) mass is 447 g/mol. The lowest BCUT2D eigenvalue weighted by molar-refractivity contribution is -0.137. The van der Waals surface area contributed by atoms with Gasteiger partial charge in [-0.05, 0) is 55.5 Å². The molecule has 0 radical (unpaired) electrons. The van der Waals surface area contributed by atoms with Crippen LogP contribution in [0.5, 0.6) is 0 Å². The van der Waals surface area contributed by atoms with Crippen molar-refractivity contribution in [1.82, 2.24) is 4.90 Å². The van der Waals surface area contributed by atoms with Crippen molar-refractivity contribution < 1.29 is 19.1 Å². The molecule has 0 fully saturated rings. The molecule has 0 saturated carbocycles. The van der Waals surface area contributed by atoms with Gasteiger partial charge in [-0.15, -0.1) is 0 Å². The molecule has 3 amide bonds. The van der Waals surface area contributed by atoms with Gasteiger partial charge in [-0.3, -0.25) is 19.3 Å². The van der Waals surface area contributed by atoms with Gasteiger partial charge in [0.1, 0.15) is 5.70 Å². The molecular weight excluding hydrogens is 418 g/mol. The first-order valence-corrected chi connectivity index (χ1v) is 11.4. The normalized spacial score (nSPS) is 15.8. The molecule has 0 spiro atoms. The Balaban J connectivity index is 1.74. The van der Waals surface area contributed by atoms with Crippen molar-refractivity contribution in [3.63, 3.8) is 0 Å². The second-order valence-electron chi connectivity index (χ2n) is 8.18. The Hall–Kier alpha value is -3.45. The number of aryl methyl sites for hydroxylation is 1. The number of ether oxygens (including phenoxy) is 1. The van der Waals surface area contributed by atoms with Gasteiger partial charge in [0.15, 0.2) is 0 Å². The lowest BCUT2D eigenvalue weighted by atomic mass is 9.98. The number of anilines is 2. The van der Waals surface area contributed by atoms with Gasteiger partial charge in [-0.25, -0.2) is 0 Å². The Morgan fingerprint density at radius 2 is 1.82 bits per heavy atom. The van der Waals surface area contributed by atoms with E-state index in [1.165, 1.54) is 17.4 Å². The number of rotatable bonds is 8. The zero-order valence-electron chi connectivity index (χ0n) is 19.1. The lowest BCUT2D eigenvalue weighted by Crippen LogP contribution is -2.37. The van der Waals surface area contributed by atoms with Crippen LogP contribution in [0.3, 0.4) is 0 Å². The second-order valence-corrected chi connectivity index (χ2v) is 8.18. The quantitative estimate of drug-likeness (QED) is 0.494. The highest BCUT2D eigenvalue weighted by atomic mass is 16.5. The van der Waals surface area contributed by atoms with Crippen LogP contribution in [-0.2, 0) is 25.5 Å². The summed E-state index contributed by atoms with van der Waals surface area (Å²) in [5, 5.41) is 2.74. The molecule has 33 heavy (non-hydrogen) atoms. The number of para-hydroxylation sites is 1. The van der Waals surface area contributed by atoms with Gasteiger partial charge in [0.2, 0.25) is 5.91 Å². The highest BCUT2D eigenvalue weighted by Crippen LogP contribution is 2.38. The summed E-state index contributed by atoms with van der Waals surface area (Å²) in [6, 6.07) is 15.1. The molecule has 2 aromatic carbocycles. The molecule has 1 N–H and O–H groups in total. The molecule has 4 rings (SSSR count). The lowest BCUT2D eigenvalue weighted by Gasteiger charge is -2.32. The minimum atomic E-state index is -0.290. The number of nitrogens with zero attached hydrogens (tertiary/aromatic N) is 2. The van der Waals surface area contributed by atoms with Crippen LogP contribution in [0.1, 0.15) is 37.8 Å². The van der Waals surface area contributed by atoms with E-state index in [9.17, 15) is 14.4 Å². The molecule has 2 heterocycles. The third kappa shape index (κ3) is 4.68. The minimum Gasteiger partial charge on any atom is -0.382 e. The first-order valence-electron chi connectivity index (χ1n) is 11.4. The number of hydrogen-bond donors (Lipinski definition) is 1. The number of amides is 3. The number of carbonyl (C=O) groups is 3. The van der Waals surface area contributed by atoms with Crippen molar-refractivity contribution >= 4 is 34.7 Å². The van der Waals surface area contributed by atoms with Gasteiger partial charge in [-0.1, -0.05) is 30.3 Å². The van der Waals surface area contributed by atoms with Crippen molar-refractivity contribution in [3.8, 4) is 0 Å². The van der Waals surface area contributed by atoms with Crippen LogP contribution in [0.25, 0.3) is 5.57 Å². The Morgan fingerprint density at radius 3 is 2.55 bits per heavy atom. The fourth-order valence-corrected chi connectivity index (χ4v) is 4.44. The smallest absolute Gasteiger partial charge is 0.278 e. The zero-order valence-corrected chi connectivity index (χ0v) is 19.1. The van der Waals surface area contributed by atoms with Crippen LogP contribution in [0.2, 0.25) is 0 Å². The van der Waals surface area contributed by atoms with Gasteiger partial charge >= 0.3 is 0 Å². The Bertz CT molecular complexity index is 1090. The first kappa shape index (κ1) is 22.7. The Kier molecular flexibility index (Phi) is 6.89. The van der Waals surface area contributed by atoms with E-state index in [1.807, 2.05) is 30.0 Å². The van der Waals surface area contributed by atoms with Gasteiger partial charge in [0.05, 0.1) is 5.57 Å². The maximum Gasteiger partial charge on any atom is 0.278 e. The van der Waals surface area contributed by atoms with Gasteiger partial charge < -0.3 is 15.0 Å². The number of nitrogens with one attached hydrogen (secondary N) is 1. The summed E-state index contributed by atoms with van der Waals surface area (Å²) in [4.78, 5) is 41.8. The Labute approximate surface area is 194 Å². The zero-order chi connectivity index (χ0) is 23.4.